The van der Waals surface area contributed by atoms with Crippen molar-refractivity contribution in [3.63, 3.8) is 0 Å². The van der Waals surface area contributed by atoms with Gasteiger partial charge in [0.05, 0.1) is 5.56 Å². The summed E-state index contributed by atoms with van der Waals surface area (Å²) in [7, 11) is 0. The molecule has 0 aliphatic heterocycles. The number of benzene rings is 5. The summed E-state index contributed by atoms with van der Waals surface area (Å²) in [6.07, 6.45) is -15.0. The van der Waals surface area contributed by atoms with Crippen molar-refractivity contribution in [3.05, 3.63) is 138 Å². The van der Waals surface area contributed by atoms with Crippen LogP contribution in [0.3, 0.4) is 0 Å². The third-order valence-corrected chi connectivity index (χ3v) is 6.83. The average molecular weight is 633 g/mol. The summed E-state index contributed by atoms with van der Waals surface area (Å²) in [6.45, 7) is 2.00. The number of halogens is 9. The first-order valence-corrected chi connectivity index (χ1v) is 13.2. The van der Waals surface area contributed by atoms with Crippen LogP contribution in [0.2, 0.25) is 0 Å². The van der Waals surface area contributed by atoms with Crippen molar-refractivity contribution in [3.8, 4) is 39.1 Å². The van der Waals surface area contributed by atoms with E-state index in [1.54, 1.807) is 0 Å². The highest BCUT2D eigenvalue weighted by Crippen LogP contribution is 2.40. The summed E-state index contributed by atoms with van der Waals surface area (Å²) in [5.74, 6) is -4.34. The van der Waals surface area contributed by atoms with Crippen molar-refractivity contribution in [2.45, 2.75) is 25.5 Å². The van der Waals surface area contributed by atoms with Crippen LogP contribution >= 0.6 is 0 Å². The number of alkyl halides is 7. The van der Waals surface area contributed by atoms with Gasteiger partial charge in [0.2, 0.25) is 0 Å². The van der Waals surface area contributed by atoms with Gasteiger partial charge in [-0.25, -0.2) is 13.5 Å². The lowest BCUT2D eigenvalue weighted by Gasteiger charge is -2.20. The molecule has 45 heavy (non-hydrogen) atoms. The van der Waals surface area contributed by atoms with Crippen molar-refractivity contribution in [2.75, 3.05) is 0 Å². The van der Waals surface area contributed by atoms with Crippen molar-refractivity contribution < 1.29 is 49.0 Å². The minimum atomic E-state index is -5.87. The van der Waals surface area contributed by atoms with E-state index < -0.39 is 41.3 Å². The van der Waals surface area contributed by atoms with Crippen LogP contribution in [0.1, 0.15) is 16.7 Å². The molecule has 0 N–H and O–H groups in total. The summed E-state index contributed by atoms with van der Waals surface area (Å²) < 4.78 is 130. The van der Waals surface area contributed by atoms with Gasteiger partial charge < -0.3 is 4.74 Å². The van der Waals surface area contributed by atoms with Crippen molar-refractivity contribution >= 4 is 0 Å². The van der Waals surface area contributed by atoms with Gasteiger partial charge in [0, 0.05) is 0 Å². The number of hydrogen-bond acceptors (Lipinski definition) is 2. The molecule has 0 aliphatic carbocycles. The zero-order chi connectivity index (χ0) is 32.6. The van der Waals surface area contributed by atoms with Gasteiger partial charge in [0.25, 0.3) is 0 Å². The van der Waals surface area contributed by atoms with Gasteiger partial charge in [-0.2, -0.15) is 17.6 Å². The van der Waals surface area contributed by atoms with Crippen LogP contribution in [0.15, 0.2) is 109 Å². The van der Waals surface area contributed by atoms with Gasteiger partial charge in [-0.15, -0.1) is 13.2 Å². The third-order valence-electron chi connectivity index (χ3n) is 6.83. The van der Waals surface area contributed by atoms with Crippen LogP contribution in [0, 0.1) is 18.6 Å². The first kappa shape index (κ1) is 31.6. The van der Waals surface area contributed by atoms with E-state index in [2.05, 4.69) is 4.74 Å². The molecule has 0 saturated carbocycles. The highest BCUT2D eigenvalue weighted by Gasteiger charge is 2.49. The van der Waals surface area contributed by atoms with Crippen LogP contribution in [-0.2, 0) is 17.0 Å². The Kier molecular flexibility index (Phi) is 8.41. The van der Waals surface area contributed by atoms with Gasteiger partial charge >= 0.3 is 18.6 Å². The molecule has 0 radical (unpaired) electrons. The van der Waals surface area contributed by atoms with Gasteiger partial charge in [0.15, 0.2) is 0 Å². The van der Waals surface area contributed by atoms with Crippen molar-refractivity contribution in [2.24, 2.45) is 0 Å². The molecule has 11 heteroatoms. The lowest BCUT2D eigenvalue weighted by molar-refractivity contribution is -0.432. The molecule has 0 atom stereocenters. The Morgan fingerprint density at radius 3 is 1.29 bits per heavy atom. The molecular formula is C34H21F9O2. The Morgan fingerprint density at radius 2 is 0.844 bits per heavy atom. The number of hydrogen-bond donors (Lipinski definition) is 0. The zero-order valence-electron chi connectivity index (χ0n) is 23.1. The summed E-state index contributed by atoms with van der Waals surface area (Å²) in [5, 5.41) is 0. The largest absolute Gasteiger partial charge is 0.527 e. The first-order chi connectivity index (χ1) is 21.1. The predicted molar refractivity (Wildman–Crippen MR) is 149 cm³/mol. The summed E-state index contributed by atoms with van der Waals surface area (Å²) in [6, 6.07) is 26.2. The normalized spacial score (nSPS) is 12.3. The maximum absolute atomic E-state index is 15.0. The first-order valence-electron chi connectivity index (χ1n) is 13.2. The molecule has 0 spiro atoms. The molecule has 232 valence electrons. The molecule has 0 aromatic heterocycles. The smallest absolute Gasteiger partial charge is 0.429 e. The van der Waals surface area contributed by atoms with E-state index in [1.165, 1.54) is 24.3 Å². The van der Waals surface area contributed by atoms with Gasteiger partial charge in [-0.05, 0) is 76.7 Å². The predicted octanol–water partition coefficient (Wildman–Crippen LogP) is 11.0. The Bertz CT molecular complexity index is 1760. The second-order valence-corrected chi connectivity index (χ2v) is 10.0. The summed E-state index contributed by atoms with van der Waals surface area (Å²) >= 11 is 0. The fraction of sp³-hybridized carbons (Fsp3) is 0.118. The molecule has 0 amide bonds. The van der Waals surface area contributed by atoms with E-state index in [0.29, 0.717) is 17.7 Å². The van der Waals surface area contributed by atoms with E-state index in [9.17, 15) is 39.5 Å². The summed E-state index contributed by atoms with van der Waals surface area (Å²) in [5.41, 5.74) is 1.66. The molecule has 5 rings (SSSR count). The van der Waals surface area contributed by atoms with E-state index in [-0.39, 0.29) is 16.9 Å². The molecule has 0 bridgehead atoms. The van der Waals surface area contributed by atoms with Crippen molar-refractivity contribution in [1.29, 1.82) is 0 Å². The number of aryl methyl sites for hydroxylation is 1. The van der Waals surface area contributed by atoms with Crippen LogP contribution in [-0.4, -0.2) is 6.36 Å². The Balaban J connectivity index is 1.28. The molecule has 0 saturated heterocycles. The zero-order valence-corrected chi connectivity index (χ0v) is 23.1. The highest BCUT2D eigenvalue weighted by atomic mass is 19.4. The molecule has 2 nitrogen and oxygen atoms in total. The van der Waals surface area contributed by atoms with Gasteiger partial charge in [-0.3, -0.25) is 0 Å². The Hall–Kier alpha value is -4.77. The minimum Gasteiger partial charge on any atom is -0.429 e. The molecule has 0 fully saturated rings. The van der Waals surface area contributed by atoms with Gasteiger partial charge in [-0.1, -0.05) is 78.4 Å². The number of rotatable bonds is 8. The lowest BCUT2D eigenvalue weighted by Crippen LogP contribution is -2.29. The highest BCUT2D eigenvalue weighted by molar-refractivity contribution is 5.71. The fourth-order valence-electron chi connectivity index (χ4n) is 4.59. The maximum Gasteiger partial charge on any atom is 0.527 e. The molecule has 0 aliphatic rings. The molecule has 5 aromatic carbocycles. The number of ether oxygens (including phenoxy) is 2. The molecule has 5 aromatic rings. The van der Waals surface area contributed by atoms with E-state index in [1.807, 2.05) is 55.5 Å². The molecule has 0 heterocycles. The SMILES string of the molecule is Cc1ccc(-c2ccc(-c3ccc(C(F)(F)Oc4ccc(-c5cc(F)c(C(F)(F)OC(F)(F)F)c(F)c5)cc4)cc3)cc2)cc1. The average Bonchev–Trinajstić information content (AvgIpc) is 2.96. The maximum atomic E-state index is 15.0. The van der Waals surface area contributed by atoms with Crippen LogP contribution in [0.25, 0.3) is 33.4 Å². The Labute approximate surface area is 251 Å². The second-order valence-electron chi connectivity index (χ2n) is 10.0. The van der Waals surface area contributed by atoms with E-state index >= 15 is 0 Å². The van der Waals surface area contributed by atoms with E-state index in [0.717, 1.165) is 46.5 Å². The summed E-state index contributed by atoms with van der Waals surface area (Å²) in [4.78, 5) is 0. The topological polar surface area (TPSA) is 18.5 Å². The van der Waals surface area contributed by atoms with Gasteiger partial charge in [0.1, 0.15) is 22.9 Å². The van der Waals surface area contributed by atoms with Crippen LogP contribution in [0.5, 0.6) is 5.75 Å². The minimum absolute atomic E-state index is 0.0205. The standard InChI is InChI=1S/C34H21F9O2/c1-20-2-4-21(5-3-20)22-6-8-23(9-7-22)24-10-14-27(15-11-24)32(37,38)44-28-16-12-25(13-17-28)26-18-29(35)31(30(36)19-26)33(39,40)45-34(41,42)43/h2-19H,1H3. The molecular weight excluding hydrogens is 611 g/mol. The lowest BCUT2D eigenvalue weighted by atomic mass is 9.99. The molecule has 0 unspecified atom stereocenters. The Morgan fingerprint density at radius 1 is 0.467 bits per heavy atom. The third kappa shape index (κ3) is 7.31. The quantitative estimate of drug-likeness (QED) is 0.159. The second kappa shape index (κ2) is 12.0. The van der Waals surface area contributed by atoms with E-state index in [4.69, 9.17) is 4.74 Å². The van der Waals surface area contributed by atoms with Crippen molar-refractivity contribution in [1.82, 2.24) is 0 Å². The van der Waals surface area contributed by atoms with Crippen LogP contribution in [0.4, 0.5) is 39.5 Å². The van der Waals surface area contributed by atoms with Crippen LogP contribution < -0.4 is 4.74 Å². The monoisotopic (exact) mass is 632 g/mol. The fourth-order valence-corrected chi connectivity index (χ4v) is 4.59.